The number of imidazole rings is 2. The monoisotopic (exact) mass is 468 g/mol. The van der Waals surface area contributed by atoms with E-state index in [1.807, 2.05) is 41.2 Å². The number of hydrogen-bond acceptors (Lipinski definition) is 2. The lowest BCUT2D eigenvalue weighted by molar-refractivity contribution is 0.977. The van der Waals surface area contributed by atoms with Crippen LogP contribution in [0.5, 0.6) is 0 Å². The Labute approximate surface area is 161 Å². The van der Waals surface area contributed by atoms with E-state index in [1.54, 1.807) is 6.20 Å². The van der Waals surface area contributed by atoms with E-state index in [2.05, 4.69) is 59.2 Å². The first kappa shape index (κ1) is 17.5. The van der Waals surface area contributed by atoms with Gasteiger partial charge in [-0.15, -0.1) is 11.6 Å². The van der Waals surface area contributed by atoms with E-state index in [1.165, 1.54) is 5.69 Å². The van der Waals surface area contributed by atoms with Crippen LogP contribution in [0.2, 0.25) is 0 Å². The number of aromatic nitrogens is 4. The molecule has 0 aromatic carbocycles. The molecule has 24 heavy (non-hydrogen) atoms. The molecule has 0 atom stereocenters. The molecule has 124 valence electrons. The lowest BCUT2D eigenvalue weighted by Gasteiger charge is -2.02. The van der Waals surface area contributed by atoms with Crippen molar-refractivity contribution in [2.75, 3.05) is 0 Å². The zero-order valence-electron chi connectivity index (χ0n) is 13.0. The third-order valence-electron chi connectivity index (χ3n) is 3.67. The van der Waals surface area contributed by atoms with E-state index in [0.29, 0.717) is 5.88 Å². The van der Waals surface area contributed by atoms with Crippen LogP contribution >= 0.6 is 43.5 Å². The molecule has 4 aromatic rings. The van der Waals surface area contributed by atoms with Gasteiger partial charge in [0.05, 0.1) is 14.8 Å². The largest absolute Gasteiger partial charge is 0.303 e. The molecule has 0 amide bonds. The minimum Gasteiger partial charge on any atom is -0.303 e. The molecule has 0 fully saturated rings. The van der Waals surface area contributed by atoms with Gasteiger partial charge in [0.15, 0.2) is 11.3 Å². The highest BCUT2D eigenvalue weighted by Gasteiger charge is 2.03. The molecular formula is C17H15Br2ClN4. The van der Waals surface area contributed by atoms with Crippen LogP contribution < -0.4 is 0 Å². The minimum absolute atomic E-state index is 0.500. The lowest BCUT2D eigenvalue weighted by atomic mass is 10.3. The number of rotatable bonds is 2. The van der Waals surface area contributed by atoms with Crippen molar-refractivity contribution in [2.45, 2.75) is 19.2 Å². The van der Waals surface area contributed by atoms with Gasteiger partial charge < -0.3 is 8.80 Å². The standard InChI is InChI=1S/C9H9BrN2.C8H6BrClN2/c1-2-7-3-4-8(10)9-11-5-6-12(7)9;9-7-2-1-6(5-10)12-4-3-11-8(7)12/h3-6H,2H2,1H3;1-4H,5H2. The number of halogens is 3. The van der Waals surface area contributed by atoms with Gasteiger partial charge in [0.25, 0.3) is 0 Å². The predicted octanol–water partition coefficient (Wildman–Crippen LogP) is 5.49. The van der Waals surface area contributed by atoms with Crippen molar-refractivity contribution in [3.8, 4) is 0 Å². The summed E-state index contributed by atoms with van der Waals surface area (Å²) in [6.45, 7) is 2.14. The van der Waals surface area contributed by atoms with Crippen molar-refractivity contribution in [1.29, 1.82) is 0 Å². The number of fused-ring (bicyclic) bond motifs is 2. The molecule has 0 aliphatic carbocycles. The number of nitrogens with zero attached hydrogens (tertiary/aromatic N) is 4. The van der Waals surface area contributed by atoms with Crippen LogP contribution in [0.1, 0.15) is 18.3 Å². The van der Waals surface area contributed by atoms with E-state index >= 15 is 0 Å². The zero-order chi connectivity index (χ0) is 17.1. The Hall–Kier alpha value is -1.37. The fourth-order valence-corrected chi connectivity index (χ4v) is 3.54. The van der Waals surface area contributed by atoms with Crippen molar-refractivity contribution in [1.82, 2.24) is 18.8 Å². The van der Waals surface area contributed by atoms with Crippen molar-refractivity contribution in [3.63, 3.8) is 0 Å². The van der Waals surface area contributed by atoms with Crippen molar-refractivity contribution >= 4 is 54.8 Å². The lowest BCUT2D eigenvalue weighted by Crippen LogP contribution is -1.93. The summed E-state index contributed by atoms with van der Waals surface area (Å²) in [6, 6.07) is 8.09. The van der Waals surface area contributed by atoms with Gasteiger partial charge >= 0.3 is 0 Å². The molecular weight excluding hydrogens is 455 g/mol. The average molecular weight is 471 g/mol. The second kappa shape index (κ2) is 7.68. The maximum Gasteiger partial charge on any atom is 0.151 e. The Kier molecular flexibility index (Phi) is 5.58. The van der Waals surface area contributed by atoms with E-state index < -0.39 is 0 Å². The number of aryl methyl sites for hydroxylation is 1. The normalized spacial score (nSPS) is 10.8. The van der Waals surface area contributed by atoms with E-state index in [0.717, 1.165) is 32.4 Å². The molecule has 0 unspecified atom stereocenters. The first-order valence-corrected chi connectivity index (χ1v) is 9.54. The van der Waals surface area contributed by atoms with Crippen molar-refractivity contribution < 1.29 is 0 Å². The summed E-state index contributed by atoms with van der Waals surface area (Å²) in [6.07, 6.45) is 8.49. The molecule has 0 spiro atoms. The van der Waals surface area contributed by atoms with Crippen LogP contribution in [0, 0.1) is 0 Å². The molecule has 0 saturated heterocycles. The quantitative estimate of drug-likeness (QED) is 0.363. The zero-order valence-corrected chi connectivity index (χ0v) is 16.9. The van der Waals surface area contributed by atoms with Crippen molar-refractivity contribution in [3.05, 3.63) is 69.4 Å². The highest BCUT2D eigenvalue weighted by atomic mass is 79.9. The van der Waals surface area contributed by atoms with Crippen LogP contribution in [-0.4, -0.2) is 18.8 Å². The summed E-state index contributed by atoms with van der Waals surface area (Å²) in [5.41, 5.74) is 4.24. The molecule has 4 heterocycles. The molecule has 4 rings (SSSR count). The highest BCUT2D eigenvalue weighted by Crippen LogP contribution is 2.19. The van der Waals surface area contributed by atoms with Gasteiger partial charge in [0.1, 0.15) is 0 Å². The Morgan fingerprint density at radius 1 is 0.875 bits per heavy atom. The first-order valence-electron chi connectivity index (χ1n) is 7.42. The topological polar surface area (TPSA) is 34.6 Å². The van der Waals surface area contributed by atoms with Gasteiger partial charge in [-0.2, -0.15) is 0 Å². The molecule has 0 radical (unpaired) electrons. The second-order valence-corrected chi connectivity index (χ2v) is 7.05. The Bertz CT molecular complexity index is 897. The third kappa shape index (κ3) is 3.36. The molecule has 4 aromatic heterocycles. The van der Waals surface area contributed by atoms with E-state index in [4.69, 9.17) is 11.6 Å². The highest BCUT2D eigenvalue weighted by molar-refractivity contribution is 9.11. The Morgan fingerprint density at radius 3 is 1.88 bits per heavy atom. The van der Waals surface area contributed by atoms with Gasteiger partial charge in [0.2, 0.25) is 0 Å². The molecule has 0 aliphatic rings. The van der Waals surface area contributed by atoms with Gasteiger partial charge in [-0.25, -0.2) is 9.97 Å². The Balaban J connectivity index is 0.000000141. The SMILES string of the molecule is CCc1ccc(Br)c2nccn12.ClCc1ccc(Br)c2nccn12. The molecule has 0 aliphatic heterocycles. The first-order chi connectivity index (χ1) is 11.7. The van der Waals surface area contributed by atoms with Crippen LogP contribution in [0.4, 0.5) is 0 Å². The summed E-state index contributed by atoms with van der Waals surface area (Å²) in [5.74, 6) is 0.500. The second-order valence-electron chi connectivity index (χ2n) is 5.07. The fourth-order valence-electron chi connectivity index (χ4n) is 2.47. The van der Waals surface area contributed by atoms with Gasteiger partial charge in [-0.05, 0) is 62.5 Å². The van der Waals surface area contributed by atoms with Gasteiger partial charge in [-0.1, -0.05) is 6.92 Å². The van der Waals surface area contributed by atoms with E-state index in [-0.39, 0.29) is 0 Å². The molecule has 4 nitrogen and oxygen atoms in total. The molecule has 0 bridgehead atoms. The summed E-state index contributed by atoms with van der Waals surface area (Å²) in [5, 5.41) is 0. The minimum atomic E-state index is 0.500. The van der Waals surface area contributed by atoms with Crippen molar-refractivity contribution in [2.24, 2.45) is 0 Å². The predicted molar refractivity (Wildman–Crippen MR) is 105 cm³/mol. The summed E-state index contributed by atoms with van der Waals surface area (Å²) < 4.78 is 6.10. The van der Waals surface area contributed by atoms with Gasteiger partial charge in [0, 0.05) is 36.2 Å². The van der Waals surface area contributed by atoms with Crippen LogP contribution in [0.25, 0.3) is 11.3 Å². The smallest absolute Gasteiger partial charge is 0.151 e. The van der Waals surface area contributed by atoms with E-state index in [9.17, 15) is 0 Å². The maximum atomic E-state index is 5.75. The number of alkyl halides is 1. The summed E-state index contributed by atoms with van der Waals surface area (Å²) in [7, 11) is 0. The fraction of sp³-hybridized carbons (Fsp3) is 0.176. The number of hydrogen-bond donors (Lipinski definition) is 0. The molecule has 7 heteroatoms. The Morgan fingerprint density at radius 2 is 1.38 bits per heavy atom. The molecule has 0 saturated carbocycles. The average Bonchev–Trinajstić information content (AvgIpc) is 3.26. The summed E-state index contributed by atoms with van der Waals surface area (Å²) in [4.78, 5) is 8.43. The van der Waals surface area contributed by atoms with Crippen LogP contribution in [0.3, 0.4) is 0 Å². The number of pyridine rings is 2. The summed E-state index contributed by atoms with van der Waals surface area (Å²) >= 11 is 12.6. The maximum absolute atomic E-state index is 5.75. The van der Waals surface area contributed by atoms with Crippen LogP contribution in [0.15, 0.2) is 58.0 Å². The molecule has 0 N–H and O–H groups in total. The third-order valence-corrected chi connectivity index (χ3v) is 5.18. The van der Waals surface area contributed by atoms with Crippen LogP contribution in [-0.2, 0) is 12.3 Å². The van der Waals surface area contributed by atoms with Gasteiger partial charge in [-0.3, -0.25) is 0 Å².